The van der Waals surface area contributed by atoms with Crippen LogP contribution in [0.15, 0.2) is 76.7 Å². The van der Waals surface area contributed by atoms with E-state index in [9.17, 15) is 9.00 Å². The molecule has 0 amide bonds. The van der Waals surface area contributed by atoms with Gasteiger partial charge in [-0.2, -0.15) is 0 Å². The van der Waals surface area contributed by atoms with Crippen molar-refractivity contribution in [3.05, 3.63) is 77.3 Å². The first-order valence-electron chi connectivity index (χ1n) is 9.93. The molecule has 0 bridgehead atoms. The highest BCUT2D eigenvalue weighted by atomic mass is 32.2. The number of esters is 1. The Morgan fingerprint density at radius 1 is 1.09 bits per heavy atom. The Bertz CT molecular complexity index is 1250. The maximum absolute atomic E-state index is 13.4. The minimum absolute atomic E-state index is 0.245. The van der Waals surface area contributed by atoms with Gasteiger partial charge in [-0.15, -0.1) is 11.3 Å². The molecule has 4 rings (SSSR count). The van der Waals surface area contributed by atoms with Crippen molar-refractivity contribution >= 4 is 38.2 Å². The van der Waals surface area contributed by atoms with E-state index in [2.05, 4.69) is 4.98 Å². The largest absolute Gasteiger partial charge is 0.489 e. The van der Waals surface area contributed by atoms with E-state index in [1.807, 2.05) is 42.5 Å². The first kappa shape index (κ1) is 22.0. The van der Waals surface area contributed by atoms with Crippen LogP contribution in [0.5, 0.6) is 11.6 Å². The lowest BCUT2D eigenvalue weighted by atomic mass is 10.2. The van der Waals surface area contributed by atoms with Crippen molar-refractivity contribution < 1.29 is 23.2 Å². The van der Waals surface area contributed by atoms with Crippen molar-refractivity contribution in [3.63, 3.8) is 0 Å². The number of carbonyl (C=O) groups excluding carboxylic acids is 1. The number of hydrogen-bond acceptors (Lipinski definition) is 7. The molecule has 32 heavy (non-hydrogen) atoms. The molecule has 0 N–H and O–H groups in total. The van der Waals surface area contributed by atoms with Crippen LogP contribution in [0.4, 0.5) is 0 Å². The van der Waals surface area contributed by atoms with E-state index < -0.39 is 16.8 Å². The number of aromatic nitrogens is 1. The maximum Gasteiger partial charge on any atom is 0.349 e. The number of hydrogen-bond donors (Lipinski definition) is 0. The van der Waals surface area contributed by atoms with Crippen molar-refractivity contribution in [3.8, 4) is 11.6 Å². The Labute approximate surface area is 192 Å². The van der Waals surface area contributed by atoms with E-state index >= 15 is 0 Å². The molecule has 0 radical (unpaired) electrons. The highest BCUT2D eigenvalue weighted by molar-refractivity contribution is 7.85. The van der Waals surface area contributed by atoms with Gasteiger partial charge in [0.25, 0.3) is 0 Å². The average molecular weight is 468 g/mol. The van der Waals surface area contributed by atoms with Crippen LogP contribution in [-0.2, 0) is 22.1 Å². The first-order valence-corrected chi connectivity index (χ1v) is 11.9. The molecule has 4 aromatic rings. The summed E-state index contributed by atoms with van der Waals surface area (Å²) in [5.41, 5.74) is 0.898. The lowest BCUT2D eigenvalue weighted by Gasteiger charge is -2.07. The summed E-state index contributed by atoms with van der Waals surface area (Å²) >= 11 is 1.26. The van der Waals surface area contributed by atoms with Gasteiger partial charge in [-0.05, 0) is 43.3 Å². The summed E-state index contributed by atoms with van der Waals surface area (Å²) in [7, 11) is 0.0472. The summed E-state index contributed by atoms with van der Waals surface area (Å²) < 4.78 is 30.4. The Morgan fingerprint density at radius 2 is 1.91 bits per heavy atom. The molecule has 1 unspecified atom stereocenters. The van der Waals surface area contributed by atoms with Crippen molar-refractivity contribution in [1.82, 2.24) is 4.98 Å². The maximum atomic E-state index is 13.4. The second-order valence-corrected chi connectivity index (χ2v) is 9.19. The number of ether oxygens (including phenoxy) is 3. The number of carbonyl (C=O) groups is 1. The van der Waals surface area contributed by atoms with Gasteiger partial charge in [-0.1, -0.05) is 18.2 Å². The zero-order valence-corrected chi connectivity index (χ0v) is 19.2. The van der Waals surface area contributed by atoms with Gasteiger partial charge in [0.05, 0.1) is 29.4 Å². The SMILES string of the molecule is CCOC(=O)c1sc2cc(OCc3ccc(OC)nc3)ccc2c1S(=O)c1ccccc1. The summed E-state index contributed by atoms with van der Waals surface area (Å²) in [5, 5.41) is 0.749. The second-order valence-electron chi connectivity index (χ2n) is 6.72. The molecule has 0 aliphatic carbocycles. The molecule has 0 aliphatic heterocycles. The smallest absolute Gasteiger partial charge is 0.349 e. The van der Waals surface area contributed by atoms with Crippen molar-refractivity contribution in [1.29, 1.82) is 0 Å². The third-order valence-electron chi connectivity index (χ3n) is 4.63. The van der Waals surface area contributed by atoms with Gasteiger partial charge in [0.15, 0.2) is 0 Å². The quantitative estimate of drug-likeness (QED) is 0.331. The number of fused-ring (bicyclic) bond motifs is 1. The van der Waals surface area contributed by atoms with Gasteiger partial charge in [-0.3, -0.25) is 0 Å². The number of benzene rings is 2. The van der Waals surface area contributed by atoms with E-state index in [1.54, 1.807) is 38.4 Å². The Kier molecular flexibility index (Phi) is 6.82. The Balaban J connectivity index is 1.66. The topological polar surface area (TPSA) is 74.7 Å². The van der Waals surface area contributed by atoms with Crippen molar-refractivity contribution in [2.24, 2.45) is 0 Å². The third kappa shape index (κ3) is 4.66. The van der Waals surface area contributed by atoms with E-state index in [0.29, 0.717) is 32.9 Å². The summed E-state index contributed by atoms with van der Waals surface area (Å²) in [4.78, 5) is 18.2. The number of pyridine rings is 1. The third-order valence-corrected chi connectivity index (χ3v) is 7.39. The van der Waals surface area contributed by atoms with Crippen LogP contribution >= 0.6 is 11.3 Å². The standard InChI is InChI=1S/C24H21NO5S2/c1-3-29-24(26)22-23(32(27)18-7-5-4-6-8-18)19-11-10-17(13-20(19)31-22)30-15-16-9-12-21(28-2)25-14-16/h4-14H,3,15H2,1-2H3. The van der Waals surface area contributed by atoms with Crippen LogP contribution in [-0.4, -0.2) is 28.9 Å². The number of nitrogens with zero attached hydrogens (tertiary/aromatic N) is 1. The lowest BCUT2D eigenvalue weighted by molar-refractivity contribution is 0.0528. The van der Waals surface area contributed by atoms with Crippen LogP contribution in [0, 0.1) is 0 Å². The van der Waals surface area contributed by atoms with Gasteiger partial charge >= 0.3 is 5.97 Å². The Morgan fingerprint density at radius 3 is 2.59 bits per heavy atom. The molecule has 0 fully saturated rings. The fourth-order valence-corrected chi connectivity index (χ4v) is 5.81. The minimum atomic E-state index is -1.52. The number of rotatable bonds is 8. The normalized spacial score (nSPS) is 11.8. The predicted octanol–water partition coefficient (Wildman–Crippen LogP) is 5.23. The molecule has 0 spiro atoms. The van der Waals surface area contributed by atoms with Crippen LogP contribution in [0.2, 0.25) is 0 Å². The van der Waals surface area contributed by atoms with Crippen LogP contribution in [0.25, 0.3) is 10.1 Å². The van der Waals surface area contributed by atoms with Gasteiger partial charge in [0.2, 0.25) is 5.88 Å². The van der Waals surface area contributed by atoms with Crippen LogP contribution in [0.1, 0.15) is 22.2 Å². The van der Waals surface area contributed by atoms with Crippen molar-refractivity contribution in [2.75, 3.05) is 13.7 Å². The Hall–Kier alpha value is -3.23. The summed E-state index contributed by atoms with van der Waals surface area (Å²) in [5.74, 6) is 0.709. The summed E-state index contributed by atoms with van der Waals surface area (Å²) in [6.45, 7) is 2.33. The van der Waals surface area contributed by atoms with E-state index in [0.717, 1.165) is 15.6 Å². The molecule has 0 saturated heterocycles. The average Bonchev–Trinajstić information content (AvgIpc) is 3.22. The van der Waals surface area contributed by atoms with Gasteiger partial charge in [0, 0.05) is 32.8 Å². The minimum Gasteiger partial charge on any atom is -0.489 e. The van der Waals surface area contributed by atoms with Crippen LogP contribution in [0.3, 0.4) is 0 Å². The molecule has 2 aromatic carbocycles. The highest BCUT2D eigenvalue weighted by Crippen LogP contribution is 2.38. The molecule has 2 aromatic heterocycles. The van der Waals surface area contributed by atoms with Gasteiger partial charge < -0.3 is 14.2 Å². The second kappa shape index (κ2) is 9.93. The predicted molar refractivity (Wildman–Crippen MR) is 124 cm³/mol. The zero-order chi connectivity index (χ0) is 22.5. The number of methoxy groups -OCH3 is 1. The molecule has 8 heteroatoms. The molecule has 164 valence electrons. The first-order chi connectivity index (χ1) is 15.6. The molecule has 0 saturated carbocycles. The van der Waals surface area contributed by atoms with E-state index in [-0.39, 0.29) is 6.61 Å². The fraction of sp³-hybridized carbons (Fsp3) is 0.167. The highest BCUT2D eigenvalue weighted by Gasteiger charge is 2.25. The van der Waals surface area contributed by atoms with E-state index in [4.69, 9.17) is 14.2 Å². The van der Waals surface area contributed by atoms with E-state index in [1.165, 1.54) is 11.3 Å². The molecular weight excluding hydrogens is 446 g/mol. The fourth-order valence-electron chi connectivity index (χ4n) is 3.10. The lowest BCUT2D eigenvalue weighted by Crippen LogP contribution is -2.06. The molecule has 2 heterocycles. The summed E-state index contributed by atoms with van der Waals surface area (Å²) in [6, 6.07) is 18.2. The summed E-state index contributed by atoms with van der Waals surface area (Å²) in [6.07, 6.45) is 1.70. The molecule has 1 atom stereocenters. The van der Waals surface area contributed by atoms with Crippen molar-refractivity contribution in [2.45, 2.75) is 23.3 Å². The van der Waals surface area contributed by atoms with Crippen LogP contribution < -0.4 is 9.47 Å². The molecule has 0 aliphatic rings. The number of thiophene rings is 1. The zero-order valence-electron chi connectivity index (χ0n) is 17.6. The van der Waals surface area contributed by atoms with Gasteiger partial charge in [-0.25, -0.2) is 14.0 Å². The molecular formula is C24H21NO5S2. The monoisotopic (exact) mass is 467 g/mol. The van der Waals surface area contributed by atoms with Gasteiger partial charge in [0.1, 0.15) is 17.2 Å². The molecule has 6 nitrogen and oxygen atoms in total.